The molecular weight excluding hydrogens is 421 g/mol. The molecule has 8 nitrogen and oxygen atoms in total. The number of esters is 1. The van der Waals surface area contributed by atoms with Gasteiger partial charge in [0.1, 0.15) is 5.54 Å². The van der Waals surface area contributed by atoms with Crippen molar-refractivity contribution in [1.29, 1.82) is 0 Å². The molecule has 0 aromatic heterocycles. The molecule has 0 atom stereocenters. The van der Waals surface area contributed by atoms with Crippen LogP contribution in [0.25, 0.3) is 0 Å². The number of carbonyl (C=O) groups excluding carboxylic acids is 4. The molecule has 3 rings (SSSR count). The first-order valence-corrected chi connectivity index (χ1v) is 10.0. The van der Waals surface area contributed by atoms with Crippen LogP contribution in [-0.2, 0) is 25.5 Å². The fraction of sp³-hybridized carbons (Fsp3) is 0.474. The molecule has 1 heterocycles. The molecule has 2 fully saturated rings. The molecule has 1 aliphatic carbocycles. The molecule has 4 amide bonds. The zero-order valence-electron chi connectivity index (χ0n) is 15.8. The number of benzene rings is 1. The minimum absolute atomic E-state index is 0.103. The van der Waals surface area contributed by atoms with Crippen molar-refractivity contribution in [3.8, 4) is 0 Å². The molecular formula is C19H21Cl2N3O5. The Kier molecular flexibility index (Phi) is 6.33. The highest BCUT2D eigenvalue weighted by Gasteiger charge is 2.52. The number of nitrogens with zero attached hydrogens (tertiary/aromatic N) is 1. The molecule has 0 unspecified atom stereocenters. The third kappa shape index (κ3) is 4.82. The van der Waals surface area contributed by atoms with Gasteiger partial charge in [-0.3, -0.25) is 19.8 Å². The number of carbonyl (C=O) groups is 4. The fourth-order valence-electron chi connectivity index (χ4n) is 3.49. The summed E-state index contributed by atoms with van der Waals surface area (Å²) in [6.07, 6.45) is 2.60. The number of halogens is 2. The van der Waals surface area contributed by atoms with Crippen LogP contribution in [0.4, 0.5) is 4.79 Å². The number of hydrogen-bond acceptors (Lipinski definition) is 5. The van der Waals surface area contributed by atoms with Crippen molar-refractivity contribution in [2.45, 2.75) is 44.6 Å². The largest absolute Gasteiger partial charge is 0.455 e. The maximum atomic E-state index is 12.7. The summed E-state index contributed by atoms with van der Waals surface area (Å²) >= 11 is 11.7. The maximum Gasteiger partial charge on any atom is 0.344 e. The summed E-state index contributed by atoms with van der Waals surface area (Å²) in [5.41, 5.74) is 1.83. The fourth-order valence-corrected chi connectivity index (χ4v) is 3.81. The average molecular weight is 442 g/mol. The monoisotopic (exact) mass is 441 g/mol. The van der Waals surface area contributed by atoms with Gasteiger partial charge in [-0.05, 0) is 49.3 Å². The lowest BCUT2D eigenvalue weighted by molar-refractivity contribution is -0.150. The van der Waals surface area contributed by atoms with Gasteiger partial charge in [-0.15, -0.1) is 0 Å². The van der Waals surface area contributed by atoms with E-state index < -0.39 is 36.0 Å². The van der Waals surface area contributed by atoms with Crippen molar-refractivity contribution >= 4 is 47.0 Å². The maximum absolute atomic E-state index is 12.7. The first-order valence-electron chi connectivity index (χ1n) is 9.26. The van der Waals surface area contributed by atoms with Gasteiger partial charge < -0.3 is 10.1 Å². The van der Waals surface area contributed by atoms with Crippen LogP contribution in [0.2, 0.25) is 10.0 Å². The first kappa shape index (κ1) is 21.4. The second-order valence-corrected chi connectivity index (χ2v) is 8.27. The lowest BCUT2D eigenvalue weighted by atomic mass is 9.77. The Morgan fingerprint density at radius 1 is 1.24 bits per heavy atom. The van der Waals surface area contributed by atoms with Crippen LogP contribution in [0.15, 0.2) is 18.2 Å². The van der Waals surface area contributed by atoms with Gasteiger partial charge >= 0.3 is 12.0 Å². The number of hydrogen-bond donors (Lipinski definition) is 2. The molecule has 0 radical (unpaired) electrons. The van der Waals surface area contributed by atoms with E-state index in [0.29, 0.717) is 39.4 Å². The van der Waals surface area contributed by atoms with Crippen molar-refractivity contribution in [3.63, 3.8) is 0 Å². The van der Waals surface area contributed by atoms with E-state index in [4.69, 9.17) is 27.9 Å². The van der Waals surface area contributed by atoms with Crippen LogP contribution in [-0.4, -0.2) is 41.0 Å². The van der Waals surface area contributed by atoms with Crippen molar-refractivity contribution in [2.24, 2.45) is 5.92 Å². The Morgan fingerprint density at radius 3 is 2.59 bits per heavy atom. The van der Waals surface area contributed by atoms with Crippen LogP contribution in [0.1, 0.15) is 38.2 Å². The van der Waals surface area contributed by atoms with Crippen molar-refractivity contribution in [1.82, 2.24) is 15.8 Å². The number of amides is 4. The number of imide groups is 1. The van der Waals surface area contributed by atoms with E-state index in [1.807, 2.05) is 0 Å². The van der Waals surface area contributed by atoms with E-state index in [1.54, 1.807) is 12.1 Å². The third-order valence-corrected chi connectivity index (χ3v) is 5.96. The summed E-state index contributed by atoms with van der Waals surface area (Å²) in [6.45, 7) is 1.47. The SMILES string of the molecule is CC1CCC2(CC1)NC(=O)N(NC(=O)COC(=O)Cc1ccc(Cl)c(Cl)c1)C2=O. The quantitative estimate of drug-likeness (QED) is 0.539. The topological polar surface area (TPSA) is 105 Å². The number of hydrazine groups is 1. The van der Waals surface area contributed by atoms with Gasteiger partial charge in [-0.2, -0.15) is 5.01 Å². The van der Waals surface area contributed by atoms with Crippen LogP contribution in [0.5, 0.6) is 0 Å². The Balaban J connectivity index is 1.50. The van der Waals surface area contributed by atoms with Crippen LogP contribution < -0.4 is 10.7 Å². The van der Waals surface area contributed by atoms with Gasteiger partial charge in [0.15, 0.2) is 6.61 Å². The highest BCUT2D eigenvalue weighted by atomic mass is 35.5. The van der Waals surface area contributed by atoms with Gasteiger partial charge in [0.2, 0.25) is 0 Å². The molecule has 2 N–H and O–H groups in total. The molecule has 1 spiro atoms. The first-order chi connectivity index (χ1) is 13.7. The van der Waals surface area contributed by atoms with Gasteiger partial charge in [-0.25, -0.2) is 4.79 Å². The van der Waals surface area contributed by atoms with Gasteiger partial charge in [-0.1, -0.05) is 36.2 Å². The van der Waals surface area contributed by atoms with Crippen molar-refractivity contribution in [3.05, 3.63) is 33.8 Å². The van der Waals surface area contributed by atoms with E-state index in [1.165, 1.54) is 6.07 Å². The lowest BCUT2D eigenvalue weighted by Gasteiger charge is -2.33. The minimum atomic E-state index is -0.957. The molecule has 1 aromatic carbocycles. The van der Waals surface area contributed by atoms with E-state index in [-0.39, 0.29) is 6.42 Å². The van der Waals surface area contributed by atoms with E-state index in [0.717, 1.165) is 12.8 Å². The normalized spacial score (nSPS) is 23.8. The summed E-state index contributed by atoms with van der Waals surface area (Å²) in [4.78, 5) is 48.8. The molecule has 156 valence electrons. The molecule has 10 heteroatoms. The predicted molar refractivity (Wildman–Crippen MR) is 105 cm³/mol. The Hall–Kier alpha value is -2.32. The highest BCUT2D eigenvalue weighted by Crippen LogP contribution is 2.35. The Labute approximate surface area is 177 Å². The highest BCUT2D eigenvalue weighted by molar-refractivity contribution is 6.42. The van der Waals surface area contributed by atoms with E-state index in [9.17, 15) is 19.2 Å². The van der Waals surface area contributed by atoms with Crippen LogP contribution in [0, 0.1) is 5.92 Å². The Morgan fingerprint density at radius 2 is 1.93 bits per heavy atom. The number of nitrogens with one attached hydrogen (secondary N) is 2. The summed E-state index contributed by atoms with van der Waals surface area (Å²) in [7, 11) is 0. The van der Waals surface area contributed by atoms with Gasteiger partial charge in [0.05, 0.1) is 16.5 Å². The predicted octanol–water partition coefficient (Wildman–Crippen LogP) is 2.61. The Bertz CT molecular complexity index is 852. The summed E-state index contributed by atoms with van der Waals surface area (Å²) in [5, 5.41) is 4.03. The molecule has 29 heavy (non-hydrogen) atoms. The van der Waals surface area contributed by atoms with E-state index in [2.05, 4.69) is 17.7 Å². The number of rotatable bonds is 5. The van der Waals surface area contributed by atoms with Crippen LogP contribution in [0.3, 0.4) is 0 Å². The molecule has 1 saturated carbocycles. The second-order valence-electron chi connectivity index (χ2n) is 7.46. The van der Waals surface area contributed by atoms with Crippen LogP contribution >= 0.6 is 23.2 Å². The van der Waals surface area contributed by atoms with Crippen molar-refractivity contribution in [2.75, 3.05) is 6.61 Å². The average Bonchev–Trinajstić information content (AvgIpc) is 2.90. The zero-order chi connectivity index (χ0) is 21.2. The standard InChI is InChI=1S/C19H21Cl2N3O5/c1-11-4-6-19(7-5-11)17(27)24(18(28)22-19)23-15(25)10-29-16(26)9-12-2-3-13(20)14(21)8-12/h2-3,8,11H,4-7,9-10H2,1H3,(H,22,28)(H,23,25). The van der Waals surface area contributed by atoms with E-state index >= 15 is 0 Å². The summed E-state index contributed by atoms with van der Waals surface area (Å²) in [6, 6.07) is 4.02. The zero-order valence-corrected chi connectivity index (χ0v) is 17.3. The van der Waals surface area contributed by atoms with Crippen molar-refractivity contribution < 1.29 is 23.9 Å². The number of urea groups is 1. The molecule has 1 aliphatic heterocycles. The molecule has 2 aliphatic rings. The lowest BCUT2D eigenvalue weighted by Crippen LogP contribution is -2.52. The number of ether oxygens (including phenoxy) is 1. The second kappa shape index (κ2) is 8.59. The molecule has 1 saturated heterocycles. The minimum Gasteiger partial charge on any atom is -0.455 e. The van der Waals surface area contributed by atoms with Gasteiger partial charge in [0, 0.05) is 0 Å². The van der Waals surface area contributed by atoms with Gasteiger partial charge in [0.25, 0.3) is 11.8 Å². The molecule has 0 bridgehead atoms. The smallest absolute Gasteiger partial charge is 0.344 e. The summed E-state index contributed by atoms with van der Waals surface area (Å²) < 4.78 is 4.91. The summed E-state index contributed by atoms with van der Waals surface area (Å²) in [5.74, 6) is -1.43. The third-order valence-electron chi connectivity index (χ3n) is 5.22. The molecule has 1 aromatic rings.